The minimum Gasteiger partial charge on any atom is -0.365 e. The lowest BCUT2D eigenvalue weighted by atomic mass is 10.1. The van der Waals surface area contributed by atoms with Crippen molar-refractivity contribution in [2.24, 2.45) is 0 Å². The lowest BCUT2D eigenvalue weighted by molar-refractivity contribution is -0.00120. The van der Waals surface area contributed by atoms with E-state index in [4.69, 9.17) is 9.26 Å². The highest BCUT2D eigenvalue weighted by Crippen LogP contribution is 2.31. The molecule has 0 spiro atoms. The van der Waals surface area contributed by atoms with E-state index in [1.165, 1.54) is 12.1 Å². The van der Waals surface area contributed by atoms with Crippen molar-refractivity contribution in [1.29, 1.82) is 0 Å². The standard InChI is InChI=1S/C20H16FN5O2/c1-12-4-2-3-5-15(12)19-22-20(28-24-19)18-16-11-27-17(10-26(16)25-23-18)13-6-8-14(21)9-7-13/h2-9,17H,10-11H2,1H3. The molecular weight excluding hydrogens is 361 g/mol. The van der Waals surface area contributed by atoms with E-state index >= 15 is 0 Å². The van der Waals surface area contributed by atoms with Gasteiger partial charge >= 0.3 is 0 Å². The van der Waals surface area contributed by atoms with Gasteiger partial charge in [-0.3, -0.25) is 0 Å². The number of rotatable bonds is 3. The zero-order chi connectivity index (χ0) is 19.1. The van der Waals surface area contributed by atoms with Crippen molar-refractivity contribution in [3.8, 4) is 23.0 Å². The molecule has 0 amide bonds. The summed E-state index contributed by atoms with van der Waals surface area (Å²) in [6.07, 6.45) is -0.215. The van der Waals surface area contributed by atoms with Gasteiger partial charge < -0.3 is 9.26 Å². The molecule has 0 fully saturated rings. The number of hydrogen-bond acceptors (Lipinski definition) is 6. The van der Waals surface area contributed by atoms with Crippen LogP contribution in [0.15, 0.2) is 53.1 Å². The van der Waals surface area contributed by atoms with Gasteiger partial charge in [0.05, 0.1) is 18.8 Å². The summed E-state index contributed by atoms with van der Waals surface area (Å²) in [5, 5.41) is 12.5. The van der Waals surface area contributed by atoms with Gasteiger partial charge in [-0.1, -0.05) is 46.8 Å². The molecule has 0 aliphatic carbocycles. The summed E-state index contributed by atoms with van der Waals surface area (Å²) in [6, 6.07) is 14.1. The first kappa shape index (κ1) is 16.8. The van der Waals surface area contributed by atoms with Crippen LogP contribution in [0.1, 0.15) is 22.9 Å². The summed E-state index contributed by atoms with van der Waals surface area (Å²) in [6.45, 7) is 2.77. The van der Waals surface area contributed by atoms with Crippen LogP contribution in [-0.2, 0) is 17.9 Å². The predicted molar refractivity (Wildman–Crippen MR) is 97.4 cm³/mol. The van der Waals surface area contributed by atoms with Crippen molar-refractivity contribution >= 4 is 0 Å². The average Bonchev–Trinajstić information content (AvgIpc) is 3.35. The largest absolute Gasteiger partial charge is 0.365 e. The first-order valence-corrected chi connectivity index (χ1v) is 8.88. The number of halogens is 1. The zero-order valence-corrected chi connectivity index (χ0v) is 15.0. The first-order chi connectivity index (χ1) is 13.7. The Hall–Kier alpha value is -3.39. The maximum Gasteiger partial charge on any atom is 0.280 e. The van der Waals surface area contributed by atoms with E-state index in [2.05, 4.69) is 20.5 Å². The van der Waals surface area contributed by atoms with Crippen molar-refractivity contribution in [3.63, 3.8) is 0 Å². The Balaban J connectivity index is 1.43. The Bertz CT molecular complexity index is 1140. The Morgan fingerprint density at radius 3 is 2.75 bits per heavy atom. The molecule has 0 saturated heterocycles. The van der Waals surface area contributed by atoms with E-state index < -0.39 is 0 Å². The average molecular weight is 377 g/mol. The third kappa shape index (κ3) is 2.87. The molecule has 2 aromatic carbocycles. The van der Waals surface area contributed by atoms with Crippen LogP contribution in [0, 0.1) is 12.7 Å². The molecule has 0 bridgehead atoms. The second-order valence-corrected chi connectivity index (χ2v) is 6.66. The Morgan fingerprint density at radius 2 is 1.93 bits per heavy atom. The van der Waals surface area contributed by atoms with Crippen LogP contribution < -0.4 is 0 Å². The number of fused-ring (bicyclic) bond motifs is 1. The molecule has 1 atom stereocenters. The number of aryl methyl sites for hydroxylation is 1. The van der Waals surface area contributed by atoms with Gasteiger partial charge in [-0.05, 0) is 30.2 Å². The van der Waals surface area contributed by atoms with E-state index in [1.54, 1.807) is 16.8 Å². The molecule has 1 aliphatic rings. The number of ether oxygens (including phenoxy) is 1. The molecule has 1 aliphatic heterocycles. The van der Waals surface area contributed by atoms with E-state index in [1.807, 2.05) is 31.2 Å². The highest BCUT2D eigenvalue weighted by atomic mass is 19.1. The number of hydrogen-bond donors (Lipinski definition) is 0. The van der Waals surface area contributed by atoms with Crippen LogP contribution in [0.5, 0.6) is 0 Å². The SMILES string of the molecule is Cc1ccccc1-c1noc(-c2nnn3c2COC(c2ccc(F)cc2)C3)n1. The number of nitrogens with zero attached hydrogens (tertiary/aromatic N) is 5. The maximum atomic E-state index is 13.1. The molecule has 0 N–H and O–H groups in total. The number of aromatic nitrogens is 5. The van der Waals surface area contributed by atoms with E-state index in [0.29, 0.717) is 30.6 Å². The molecule has 5 rings (SSSR count). The molecule has 2 aromatic heterocycles. The van der Waals surface area contributed by atoms with Crippen molar-refractivity contribution in [1.82, 2.24) is 25.1 Å². The highest BCUT2D eigenvalue weighted by Gasteiger charge is 2.28. The fourth-order valence-electron chi connectivity index (χ4n) is 3.31. The monoisotopic (exact) mass is 377 g/mol. The summed E-state index contributed by atoms with van der Waals surface area (Å²) < 4.78 is 26.3. The van der Waals surface area contributed by atoms with Crippen LogP contribution in [0.2, 0.25) is 0 Å². The second kappa shape index (κ2) is 6.65. The fourth-order valence-corrected chi connectivity index (χ4v) is 3.31. The Morgan fingerprint density at radius 1 is 1.11 bits per heavy atom. The van der Waals surface area contributed by atoms with Gasteiger partial charge in [-0.2, -0.15) is 4.98 Å². The van der Waals surface area contributed by atoms with Gasteiger partial charge in [0.2, 0.25) is 5.82 Å². The first-order valence-electron chi connectivity index (χ1n) is 8.88. The quantitative estimate of drug-likeness (QED) is 0.541. The van der Waals surface area contributed by atoms with Gasteiger partial charge in [-0.25, -0.2) is 9.07 Å². The van der Waals surface area contributed by atoms with Crippen LogP contribution >= 0.6 is 0 Å². The Labute approximate surface area is 159 Å². The molecule has 8 heteroatoms. The van der Waals surface area contributed by atoms with E-state index in [0.717, 1.165) is 22.4 Å². The van der Waals surface area contributed by atoms with Crippen molar-refractivity contribution in [3.05, 3.63) is 71.2 Å². The lowest BCUT2D eigenvalue weighted by Gasteiger charge is -2.24. The predicted octanol–water partition coefficient (Wildman–Crippen LogP) is 3.71. The molecule has 3 heterocycles. The minimum absolute atomic E-state index is 0.215. The van der Waals surface area contributed by atoms with Crippen LogP contribution in [-0.4, -0.2) is 25.1 Å². The molecule has 1 unspecified atom stereocenters. The normalized spacial score (nSPS) is 16.1. The van der Waals surface area contributed by atoms with Gasteiger partial charge in [-0.15, -0.1) is 5.10 Å². The molecular formula is C20H16FN5O2. The maximum absolute atomic E-state index is 13.1. The molecule has 4 aromatic rings. The minimum atomic E-state index is -0.274. The summed E-state index contributed by atoms with van der Waals surface area (Å²) in [5.41, 5.74) is 4.16. The molecule has 7 nitrogen and oxygen atoms in total. The van der Waals surface area contributed by atoms with E-state index in [-0.39, 0.29) is 11.9 Å². The van der Waals surface area contributed by atoms with Crippen molar-refractivity contribution < 1.29 is 13.7 Å². The van der Waals surface area contributed by atoms with Gasteiger partial charge in [0.15, 0.2) is 5.69 Å². The van der Waals surface area contributed by atoms with Crippen molar-refractivity contribution in [2.45, 2.75) is 26.2 Å². The highest BCUT2D eigenvalue weighted by molar-refractivity contribution is 5.62. The Kier molecular flexibility index (Phi) is 3.98. The second-order valence-electron chi connectivity index (χ2n) is 6.66. The van der Waals surface area contributed by atoms with Crippen LogP contribution in [0.3, 0.4) is 0 Å². The van der Waals surface area contributed by atoms with Gasteiger partial charge in [0.25, 0.3) is 5.89 Å². The summed E-state index contributed by atoms with van der Waals surface area (Å²) in [5.74, 6) is 0.545. The lowest BCUT2D eigenvalue weighted by Crippen LogP contribution is -2.22. The molecule has 140 valence electrons. The van der Waals surface area contributed by atoms with Gasteiger partial charge in [0.1, 0.15) is 11.9 Å². The van der Waals surface area contributed by atoms with Crippen molar-refractivity contribution in [2.75, 3.05) is 0 Å². The zero-order valence-electron chi connectivity index (χ0n) is 15.0. The fraction of sp³-hybridized carbons (Fsp3) is 0.200. The smallest absolute Gasteiger partial charge is 0.280 e. The summed E-state index contributed by atoms with van der Waals surface area (Å²) >= 11 is 0. The summed E-state index contributed by atoms with van der Waals surface area (Å²) in [4.78, 5) is 4.49. The number of benzene rings is 2. The molecule has 0 saturated carbocycles. The van der Waals surface area contributed by atoms with Gasteiger partial charge in [0, 0.05) is 5.56 Å². The third-order valence-corrected chi connectivity index (χ3v) is 4.85. The summed E-state index contributed by atoms with van der Waals surface area (Å²) in [7, 11) is 0. The van der Waals surface area contributed by atoms with E-state index in [9.17, 15) is 4.39 Å². The van der Waals surface area contributed by atoms with Crippen LogP contribution in [0.25, 0.3) is 23.0 Å². The topological polar surface area (TPSA) is 78.9 Å². The molecule has 28 heavy (non-hydrogen) atoms. The molecule has 0 radical (unpaired) electrons. The third-order valence-electron chi connectivity index (χ3n) is 4.85. The van der Waals surface area contributed by atoms with Crippen LogP contribution in [0.4, 0.5) is 4.39 Å².